The molecule has 2 heterocycles. The molecular weight excluding hydrogens is 426 g/mol. The van der Waals surface area contributed by atoms with Crippen molar-refractivity contribution in [3.63, 3.8) is 0 Å². The van der Waals surface area contributed by atoms with Crippen molar-refractivity contribution in [1.29, 1.82) is 5.26 Å². The second-order valence-corrected chi connectivity index (χ2v) is 9.75. The molecule has 158 valence electrons. The summed E-state index contributed by atoms with van der Waals surface area (Å²) in [5, 5.41) is 11.3. The summed E-state index contributed by atoms with van der Waals surface area (Å²) in [7, 11) is -3.59. The lowest BCUT2D eigenvalue weighted by molar-refractivity contribution is -0.122. The van der Waals surface area contributed by atoms with Crippen molar-refractivity contribution in [3.05, 3.63) is 45.9 Å². The Bertz CT molecular complexity index is 1060. The molecule has 0 unspecified atom stereocenters. The van der Waals surface area contributed by atoms with Gasteiger partial charge < -0.3 is 4.74 Å². The Morgan fingerprint density at radius 2 is 1.90 bits per heavy atom. The number of thiazole rings is 1. The molecule has 1 aromatic heterocycles. The molecule has 0 N–H and O–H groups in total. The Labute approximate surface area is 179 Å². The average Bonchev–Trinajstić information content (AvgIpc) is 3.19. The van der Waals surface area contributed by atoms with Crippen molar-refractivity contribution in [2.45, 2.75) is 37.0 Å². The van der Waals surface area contributed by atoms with Gasteiger partial charge in [0.05, 0.1) is 16.5 Å². The Morgan fingerprint density at radius 1 is 1.23 bits per heavy atom. The van der Waals surface area contributed by atoms with Gasteiger partial charge in [0.15, 0.2) is 18.3 Å². The molecule has 1 aliphatic rings. The van der Waals surface area contributed by atoms with Crippen LogP contribution in [0.3, 0.4) is 0 Å². The van der Waals surface area contributed by atoms with Crippen molar-refractivity contribution in [3.8, 4) is 6.07 Å². The first-order valence-corrected chi connectivity index (χ1v) is 11.8. The number of sulfonamides is 1. The molecule has 1 aromatic carbocycles. The lowest BCUT2D eigenvalue weighted by atomic mass is 10.1. The van der Waals surface area contributed by atoms with E-state index in [1.165, 1.54) is 39.9 Å². The number of hydrogen-bond acceptors (Lipinski definition) is 8. The first-order valence-electron chi connectivity index (χ1n) is 9.44. The highest BCUT2D eigenvalue weighted by atomic mass is 32.2. The molecule has 1 saturated heterocycles. The summed E-state index contributed by atoms with van der Waals surface area (Å²) in [5.41, 5.74) is 0.832. The van der Waals surface area contributed by atoms with Crippen LogP contribution in [0.4, 0.5) is 0 Å². The maximum atomic E-state index is 12.7. The molecule has 1 atom stereocenters. The van der Waals surface area contributed by atoms with Gasteiger partial charge in [-0.05, 0) is 44.0 Å². The fourth-order valence-electron chi connectivity index (χ4n) is 3.09. The third-order valence-electron chi connectivity index (χ3n) is 4.72. The molecule has 10 heteroatoms. The summed E-state index contributed by atoms with van der Waals surface area (Å²) >= 11 is 1.20. The topological polar surface area (TPSA) is 117 Å². The molecule has 0 bridgehead atoms. The smallest absolute Gasteiger partial charge is 0.338 e. The zero-order chi connectivity index (χ0) is 21.7. The molecule has 30 heavy (non-hydrogen) atoms. The second kappa shape index (κ2) is 9.47. The van der Waals surface area contributed by atoms with Gasteiger partial charge in [-0.2, -0.15) is 9.57 Å². The monoisotopic (exact) mass is 447 g/mol. The highest BCUT2D eigenvalue weighted by molar-refractivity contribution is 7.89. The van der Waals surface area contributed by atoms with Gasteiger partial charge in [0.25, 0.3) is 0 Å². The van der Waals surface area contributed by atoms with Crippen molar-refractivity contribution < 1.29 is 22.7 Å². The predicted molar refractivity (Wildman–Crippen MR) is 110 cm³/mol. The fraction of sp³-hybridized carbons (Fsp3) is 0.400. The van der Waals surface area contributed by atoms with Gasteiger partial charge in [-0.1, -0.05) is 6.42 Å². The Kier molecular flexibility index (Phi) is 6.97. The van der Waals surface area contributed by atoms with Gasteiger partial charge in [0.2, 0.25) is 10.0 Å². The maximum Gasteiger partial charge on any atom is 0.338 e. The molecule has 0 amide bonds. The number of Topliss-reactive ketones (excluding diaryl/α,β-unsaturated/α-hetero) is 1. The lowest BCUT2D eigenvalue weighted by Crippen LogP contribution is -2.35. The van der Waals surface area contributed by atoms with E-state index in [2.05, 4.69) is 4.98 Å². The summed E-state index contributed by atoms with van der Waals surface area (Å²) in [6.45, 7) is 2.18. The number of hydrogen-bond donors (Lipinski definition) is 0. The minimum atomic E-state index is -3.59. The van der Waals surface area contributed by atoms with Crippen LogP contribution < -0.4 is 0 Å². The normalized spacial score (nSPS) is 15.9. The molecule has 0 radical (unpaired) electrons. The van der Waals surface area contributed by atoms with E-state index in [1.54, 1.807) is 12.3 Å². The Hall–Kier alpha value is -2.61. The molecule has 8 nitrogen and oxygen atoms in total. The van der Waals surface area contributed by atoms with Gasteiger partial charge in [-0.3, -0.25) is 4.79 Å². The van der Waals surface area contributed by atoms with Crippen molar-refractivity contribution >= 4 is 33.1 Å². The van der Waals surface area contributed by atoms with E-state index >= 15 is 0 Å². The highest BCUT2D eigenvalue weighted by Gasteiger charge is 2.27. The molecular formula is C20H21N3O5S2. The number of carbonyl (C=O) groups excluding carboxylic acids is 2. The summed E-state index contributed by atoms with van der Waals surface area (Å²) in [5.74, 6) is -2.42. The number of esters is 1. The van der Waals surface area contributed by atoms with Crippen LogP contribution in [-0.4, -0.2) is 49.2 Å². The molecule has 0 spiro atoms. The molecule has 2 aromatic rings. The van der Waals surface area contributed by atoms with Crippen LogP contribution in [0.15, 0.2) is 34.5 Å². The van der Waals surface area contributed by atoms with Crippen LogP contribution in [0.25, 0.3) is 0 Å². The number of rotatable bonds is 7. The number of piperidine rings is 1. The number of nitriles is 1. The first-order chi connectivity index (χ1) is 14.3. The number of carbonyl (C=O) groups is 2. The van der Waals surface area contributed by atoms with Crippen LogP contribution in [0.5, 0.6) is 0 Å². The van der Waals surface area contributed by atoms with Crippen LogP contribution in [0, 0.1) is 18.3 Å². The van der Waals surface area contributed by atoms with Crippen LogP contribution in [-0.2, 0) is 19.6 Å². The number of ether oxygens (including phenoxy) is 1. The van der Waals surface area contributed by atoms with E-state index in [1.807, 2.05) is 6.07 Å². The van der Waals surface area contributed by atoms with Gasteiger partial charge in [-0.25, -0.2) is 18.2 Å². The minimum absolute atomic E-state index is 0.112. The molecule has 1 aliphatic heterocycles. The number of nitrogens with zero attached hydrogens (tertiary/aromatic N) is 3. The quantitative estimate of drug-likeness (QED) is 0.599. The zero-order valence-electron chi connectivity index (χ0n) is 16.4. The van der Waals surface area contributed by atoms with E-state index in [0.717, 1.165) is 19.3 Å². The fourth-order valence-corrected chi connectivity index (χ4v) is 5.47. The highest BCUT2D eigenvalue weighted by Crippen LogP contribution is 2.22. The number of ketones is 1. The zero-order valence-corrected chi connectivity index (χ0v) is 18.0. The number of benzene rings is 1. The summed E-state index contributed by atoms with van der Waals surface area (Å²) in [6.07, 6.45) is 2.69. The van der Waals surface area contributed by atoms with E-state index in [4.69, 9.17) is 4.74 Å². The van der Waals surface area contributed by atoms with E-state index in [9.17, 15) is 23.3 Å². The van der Waals surface area contributed by atoms with E-state index in [-0.39, 0.29) is 10.5 Å². The minimum Gasteiger partial charge on any atom is -0.454 e. The SMILES string of the molecule is Cc1csc([C@H](C#N)C(=O)COC(=O)c2ccc(S(=O)(=O)N3CCCCC3)cc2)n1. The number of aryl methyl sites for hydroxylation is 1. The van der Waals surface area contributed by atoms with Crippen molar-refractivity contribution in [1.82, 2.24) is 9.29 Å². The second-order valence-electron chi connectivity index (χ2n) is 6.92. The molecule has 3 rings (SSSR count). The molecule has 1 fully saturated rings. The summed E-state index contributed by atoms with van der Waals surface area (Å²) < 4.78 is 31.8. The maximum absolute atomic E-state index is 12.7. The largest absolute Gasteiger partial charge is 0.454 e. The van der Waals surface area contributed by atoms with Crippen molar-refractivity contribution in [2.24, 2.45) is 0 Å². The summed E-state index contributed by atoms with van der Waals surface area (Å²) in [4.78, 5) is 28.7. The standard InChI is InChI=1S/C20H21N3O5S2/c1-14-13-29-19(22-14)17(11-21)18(24)12-28-20(25)15-5-7-16(8-6-15)30(26,27)23-9-3-2-4-10-23/h5-8,13,17H,2-4,9-10,12H2,1H3/t17-/m1/s1. The van der Waals surface area contributed by atoms with Gasteiger partial charge in [0, 0.05) is 24.2 Å². The lowest BCUT2D eigenvalue weighted by Gasteiger charge is -2.25. The van der Waals surface area contributed by atoms with Crippen LogP contribution in [0.2, 0.25) is 0 Å². The van der Waals surface area contributed by atoms with Crippen LogP contribution >= 0.6 is 11.3 Å². The van der Waals surface area contributed by atoms with Crippen molar-refractivity contribution in [2.75, 3.05) is 19.7 Å². The Morgan fingerprint density at radius 3 is 2.47 bits per heavy atom. The van der Waals surface area contributed by atoms with Crippen LogP contribution in [0.1, 0.15) is 46.2 Å². The van der Waals surface area contributed by atoms with E-state index < -0.39 is 34.3 Å². The van der Waals surface area contributed by atoms with Gasteiger partial charge in [-0.15, -0.1) is 11.3 Å². The molecule has 0 saturated carbocycles. The third kappa shape index (κ3) is 4.92. The number of aromatic nitrogens is 1. The van der Waals surface area contributed by atoms with Gasteiger partial charge in [0.1, 0.15) is 5.01 Å². The average molecular weight is 448 g/mol. The summed E-state index contributed by atoms with van der Waals surface area (Å²) in [6, 6.07) is 7.32. The third-order valence-corrected chi connectivity index (χ3v) is 7.66. The van der Waals surface area contributed by atoms with E-state index in [0.29, 0.717) is 23.8 Å². The van der Waals surface area contributed by atoms with Gasteiger partial charge >= 0.3 is 5.97 Å². The first kappa shape index (κ1) is 22.1. The molecule has 0 aliphatic carbocycles. The Balaban J connectivity index is 1.62. The predicted octanol–water partition coefficient (Wildman–Crippen LogP) is 2.66.